The van der Waals surface area contributed by atoms with Gasteiger partial charge in [0.25, 0.3) is 11.1 Å². The van der Waals surface area contributed by atoms with Crippen LogP contribution in [0.1, 0.15) is 18.1 Å². The fraction of sp³-hybridized carbons (Fsp3) is 0.227. The summed E-state index contributed by atoms with van der Waals surface area (Å²) in [6.45, 7) is 1.63. The van der Waals surface area contributed by atoms with Crippen LogP contribution in [-0.4, -0.2) is 42.3 Å². The Labute approximate surface area is 213 Å². The van der Waals surface area contributed by atoms with Crippen molar-refractivity contribution in [2.24, 2.45) is 0 Å². The maximum atomic E-state index is 12.9. The Morgan fingerprint density at radius 3 is 2.55 bits per heavy atom. The summed E-state index contributed by atoms with van der Waals surface area (Å²) in [5, 5.41) is 0.317. The van der Waals surface area contributed by atoms with Gasteiger partial charge in [-0.15, -0.1) is 0 Å². The molecule has 0 saturated carbocycles. The van der Waals surface area contributed by atoms with E-state index in [2.05, 4.69) is 15.9 Å². The van der Waals surface area contributed by atoms with Gasteiger partial charge in [-0.25, -0.2) is 4.79 Å². The first kappa shape index (κ1) is 25.4. The highest BCUT2D eigenvalue weighted by Crippen LogP contribution is 2.40. The van der Waals surface area contributed by atoms with Gasteiger partial charge in [-0.1, -0.05) is 29.3 Å². The number of thioether (sulfide) groups is 1. The standard InChI is InChI=1S/C22H18BrCl2NO6S/c1-3-31-19(27)11-32-20-14(23)7-12(8-17(20)30-2)9-18-21(28)26(22(29)33-18)10-13-15(24)5-4-6-16(13)25/h4-9H,3,10-11H2,1-2H3/b18-9-. The largest absolute Gasteiger partial charge is 0.493 e. The molecule has 0 spiro atoms. The van der Waals surface area contributed by atoms with Crippen LogP contribution in [-0.2, 0) is 20.9 Å². The van der Waals surface area contributed by atoms with Crippen LogP contribution < -0.4 is 9.47 Å². The predicted octanol–water partition coefficient (Wildman–Crippen LogP) is 5.94. The maximum Gasteiger partial charge on any atom is 0.344 e. The number of carbonyl (C=O) groups is 3. The highest BCUT2D eigenvalue weighted by atomic mass is 79.9. The third kappa shape index (κ3) is 6.03. The van der Waals surface area contributed by atoms with Crippen molar-refractivity contribution < 1.29 is 28.6 Å². The highest BCUT2D eigenvalue weighted by Gasteiger charge is 2.35. The van der Waals surface area contributed by atoms with E-state index >= 15 is 0 Å². The molecule has 7 nitrogen and oxygen atoms in total. The first-order chi connectivity index (χ1) is 15.7. The molecule has 1 saturated heterocycles. The Morgan fingerprint density at radius 1 is 1.21 bits per heavy atom. The molecule has 3 rings (SSSR count). The van der Waals surface area contributed by atoms with Crippen molar-refractivity contribution >= 4 is 74.1 Å². The molecule has 11 heteroatoms. The number of esters is 1. The average Bonchev–Trinajstić information content (AvgIpc) is 3.02. The van der Waals surface area contributed by atoms with Gasteiger partial charge in [-0.05, 0) is 70.5 Å². The van der Waals surface area contributed by atoms with Gasteiger partial charge in [0, 0.05) is 15.6 Å². The molecule has 0 radical (unpaired) electrons. The van der Waals surface area contributed by atoms with E-state index in [4.69, 9.17) is 37.4 Å². The number of amides is 2. The van der Waals surface area contributed by atoms with Gasteiger partial charge in [0.15, 0.2) is 18.1 Å². The average molecular weight is 575 g/mol. The number of ether oxygens (including phenoxy) is 3. The number of methoxy groups -OCH3 is 1. The van der Waals surface area contributed by atoms with Crippen molar-refractivity contribution in [3.63, 3.8) is 0 Å². The normalized spacial score (nSPS) is 14.7. The molecule has 2 amide bonds. The van der Waals surface area contributed by atoms with Gasteiger partial charge in [0.1, 0.15) is 0 Å². The van der Waals surface area contributed by atoms with E-state index in [0.717, 1.165) is 16.7 Å². The lowest BCUT2D eigenvalue weighted by Gasteiger charge is -2.15. The molecule has 33 heavy (non-hydrogen) atoms. The Hall–Kier alpha value is -2.20. The van der Waals surface area contributed by atoms with E-state index in [-0.39, 0.29) is 24.7 Å². The van der Waals surface area contributed by atoms with Crippen LogP contribution in [0.4, 0.5) is 4.79 Å². The summed E-state index contributed by atoms with van der Waals surface area (Å²) in [4.78, 5) is 38.3. The summed E-state index contributed by atoms with van der Waals surface area (Å²) in [7, 11) is 1.45. The lowest BCUT2D eigenvalue weighted by Crippen LogP contribution is -2.27. The van der Waals surface area contributed by atoms with Gasteiger partial charge < -0.3 is 14.2 Å². The molecule has 2 aromatic rings. The molecule has 1 aliphatic rings. The van der Waals surface area contributed by atoms with Crippen LogP contribution in [0, 0.1) is 0 Å². The van der Waals surface area contributed by atoms with Crippen molar-refractivity contribution in [1.29, 1.82) is 0 Å². The van der Waals surface area contributed by atoms with Crippen molar-refractivity contribution in [2.75, 3.05) is 20.3 Å². The molecule has 0 unspecified atom stereocenters. The van der Waals surface area contributed by atoms with Gasteiger partial charge >= 0.3 is 5.97 Å². The van der Waals surface area contributed by atoms with Crippen LogP contribution in [0.25, 0.3) is 6.08 Å². The molecule has 0 aliphatic carbocycles. The minimum Gasteiger partial charge on any atom is -0.493 e. The fourth-order valence-electron chi connectivity index (χ4n) is 2.93. The van der Waals surface area contributed by atoms with Crippen LogP contribution in [0.3, 0.4) is 0 Å². The van der Waals surface area contributed by atoms with Crippen LogP contribution in [0.5, 0.6) is 11.5 Å². The first-order valence-corrected chi connectivity index (χ1v) is 12.0. The summed E-state index contributed by atoms with van der Waals surface area (Å²) in [6, 6.07) is 8.29. The summed E-state index contributed by atoms with van der Waals surface area (Å²) in [5.74, 6) is -0.326. The van der Waals surface area contributed by atoms with Crippen molar-refractivity contribution in [2.45, 2.75) is 13.5 Å². The van der Waals surface area contributed by atoms with Gasteiger partial charge in [-0.2, -0.15) is 0 Å². The monoisotopic (exact) mass is 573 g/mol. The third-order valence-electron chi connectivity index (χ3n) is 4.44. The van der Waals surface area contributed by atoms with Crippen molar-refractivity contribution in [3.8, 4) is 11.5 Å². The molecule has 0 bridgehead atoms. The van der Waals surface area contributed by atoms with Gasteiger partial charge in [0.05, 0.1) is 29.6 Å². The Balaban J connectivity index is 1.83. The number of nitrogens with zero attached hydrogens (tertiary/aromatic N) is 1. The molecule has 1 fully saturated rings. The topological polar surface area (TPSA) is 82.1 Å². The van der Waals surface area contributed by atoms with E-state index < -0.39 is 17.1 Å². The molecule has 174 valence electrons. The fourth-order valence-corrected chi connectivity index (χ4v) is 4.86. The molecule has 1 heterocycles. The molecular weight excluding hydrogens is 557 g/mol. The zero-order valence-electron chi connectivity index (χ0n) is 17.5. The second-order valence-corrected chi connectivity index (χ2v) is 9.26. The number of halogens is 3. The third-order valence-corrected chi connectivity index (χ3v) is 6.65. The number of carbonyl (C=O) groups excluding carboxylic acids is 3. The summed E-state index contributed by atoms with van der Waals surface area (Å²) >= 11 is 16.6. The minimum absolute atomic E-state index is 0.0336. The predicted molar refractivity (Wildman–Crippen MR) is 131 cm³/mol. The molecule has 2 aromatic carbocycles. The molecule has 0 aromatic heterocycles. The van der Waals surface area contributed by atoms with E-state index in [0.29, 0.717) is 37.1 Å². The van der Waals surface area contributed by atoms with Crippen LogP contribution >= 0.6 is 50.9 Å². The number of hydrogen-bond donors (Lipinski definition) is 0. The second-order valence-electron chi connectivity index (χ2n) is 6.60. The first-order valence-electron chi connectivity index (χ1n) is 9.59. The van der Waals surface area contributed by atoms with E-state index in [1.165, 1.54) is 7.11 Å². The summed E-state index contributed by atoms with van der Waals surface area (Å²) < 4.78 is 16.2. The van der Waals surface area contributed by atoms with E-state index in [9.17, 15) is 14.4 Å². The zero-order chi connectivity index (χ0) is 24.1. The van der Waals surface area contributed by atoms with Crippen molar-refractivity contribution in [3.05, 3.63) is 60.9 Å². The van der Waals surface area contributed by atoms with Gasteiger partial charge in [-0.3, -0.25) is 14.5 Å². The van der Waals surface area contributed by atoms with E-state index in [1.807, 2.05) is 0 Å². The van der Waals surface area contributed by atoms with E-state index in [1.54, 1.807) is 43.3 Å². The lowest BCUT2D eigenvalue weighted by atomic mass is 10.1. The molecular formula is C22H18BrCl2NO6S. The lowest BCUT2D eigenvalue weighted by molar-refractivity contribution is -0.145. The molecule has 0 N–H and O–H groups in total. The SMILES string of the molecule is CCOC(=O)COc1c(Br)cc(/C=C2\SC(=O)N(Cc3c(Cl)cccc3Cl)C2=O)cc1OC. The minimum atomic E-state index is -0.511. The zero-order valence-corrected chi connectivity index (χ0v) is 21.4. The van der Waals surface area contributed by atoms with Gasteiger partial charge in [0.2, 0.25) is 0 Å². The smallest absolute Gasteiger partial charge is 0.344 e. The molecule has 0 atom stereocenters. The maximum absolute atomic E-state index is 12.9. The Morgan fingerprint density at radius 2 is 1.91 bits per heavy atom. The Kier molecular flexibility index (Phi) is 8.69. The summed E-state index contributed by atoms with van der Waals surface area (Å²) in [5.41, 5.74) is 1.08. The van der Waals surface area contributed by atoms with Crippen LogP contribution in [0.15, 0.2) is 39.7 Å². The number of imide groups is 1. The highest BCUT2D eigenvalue weighted by molar-refractivity contribution is 9.10. The number of hydrogen-bond acceptors (Lipinski definition) is 7. The van der Waals surface area contributed by atoms with Crippen LogP contribution in [0.2, 0.25) is 10.0 Å². The second kappa shape index (κ2) is 11.3. The quantitative estimate of drug-likeness (QED) is 0.285. The number of benzene rings is 2. The molecule has 1 aliphatic heterocycles. The Bertz CT molecular complexity index is 1120. The van der Waals surface area contributed by atoms with Crippen molar-refractivity contribution in [1.82, 2.24) is 4.90 Å². The summed E-state index contributed by atoms with van der Waals surface area (Å²) in [6.07, 6.45) is 1.57. The number of rotatable bonds is 8.